The number of hydrogen-bond acceptors (Lipinski definition) is 2. The Hall–Kier alpha value is -2.51. The zero-order valence-electron chi connectivity index (χ0n) is 11.9. The second kappa shape index (κ2) is 6.54. The van der Waals surface area contributed by atoms with Gasteiger partial charge in [0.15, 0.2) is 6.61 Å². The molecule has 2 rings (SSSR count). The number of Topliss-reactive ketones (excluding diaryl/α,β-unsaturated/α-hetero) is 1. The maximum absolute atomic E-state index is 12.9. The molecule has 0 N–H and O–H groups in total. The zero-order chi connectivity index (χ0) is 18.0. The third-order valence-corrected chi connectivity index (χ3v) is 3.07. The van der Waals surface area contributed by atoms with E-state index in [1.165, 1.54) is 12.1 Å². The summed E-state index contributed by atoms with van der Waals surface area (Å²) in [6.07, 6.45) is -9.82. The monoisotopic (exact) mass is 348 g/mol. The van der Waals surface area contributed by atoms with E-state index < -0.39 is 41.4 Å². The van der Waals surface area contributed by atoms with E-state index in [2.05, 4.69) is 0 Å². The van der Waals surface area contributed by atoms with E-state index in [0.29, 0.717) is 0 Å². The number of halogens is 6. The van der Waals surface area contributed by atoms with Crippen LogP contribution >= 0.6 is 0 Å². The van der Waals surface area contributed by atoms with Gasteiger partial charge in [-0.15, -0.1) is 0 Å². The molecule has 2 aromatic carbocycles. The summed E-state index contributed by atoms with van der Waals surface area (Å²) >= 11 is 0. The molecule has 0 aliphatic heterocycles. The van der Waals surface area contributed by atoms with Gasteiger partial charge in [0, 0.05) is 5.56 Å². The highest BCUT2D eigenvalue weighted by molar-refractivity contribution is 5.99. The fourth-order valence-electron chi connectivity index (χ4n) is 1.94. The lowest BCUT2D eigenvalue weighted by Gasteiger charge is -2.15. The highest BCUT2D eigenvalue weighted by Crippen LogP contribution is 2.36. The molecule has 2 nitrogen and oxygen atoms in total. The summed E-state index contributed by atoms with van der Waals surface area (Å²) in [5.41, 5.74) is -3.84. The lowest BCUT2D eigenvalue weighted by Crippen LogP contribution is -2.19. The molecule has 0 saturated heterocycles. The molecule has 24 heavy (non-hydrogen) atoms. The number of carbonyl (C=O) groups excluding carboxylic acids is 1. The largest absolute Gasteiger partial charge is 0.485 e. The van der Waals surface area contributed by atoms with Crippen molar-refractivity contribution in [3.05, 3.63) is 65.2 Å². The van der Waals surface area contributed by atoms with Crippen molar-refractivity contribution in [2.45, 2.75) is 12.4 Å². The minimum atomic E-state index is -4.96. The Morgan fingerprint density at radius 1 is 0.875 bits per heavy atom. The Morgan fingerprint density at radius 2 is 1.50 bits per heavy atom. The van der Waals surface area contributed by atoms with Crippen LogP contribution in [0, 0.1) is 0 Å². The number of alkyl halides is 6. The van der Waals surface area contributed by atoms with Crippen LogP contribution in [0.3, 0.4) is 0 Å². The molecule has 0 heterocycles. The normalized spacial score (nSPS) is 12.1. The Bertz CT molecular complexity index is 720. The molecule has 128 valence electrons. The highest BCUT2D eigenvalue weighted by Gasteiger charge is 2.38. The predicted molar refractivity (Wildman–Crippen MR) is 72.7 cm³/mol. The summed E-state index contributed by atoms with van der Waals surface area (Å²) < 4.78 is 81.9. The first kappa shape index (κ1) is 17.8. The first-order valence-corrected chi connectivity index (χ1v) is 6.58. The zero-order valence-corrected chi connectivity index (χ0v) is 11.9. The summed E-state index contributed by atoms with van der Waals surface area (Å²) in [5, 5.41) is 0. The van der Waals surface area contributed by atoms with Crippen LogP contribution < -0.4 is 4.74 Å². The van der Waals surface area contributed by atoms with Gasteiger partial charge >= 0.3 is 12.4 Å². The maximum Gasteiger partial charge on any atom is 0.417 e. The van der Waals surface area contributed by atoms with Crippen LogP contribution in [0.4, 0.5) is 26.3 Å². The summed E-state index contributed by atoms with van der Waals surface area (Å²) in [6, 6.07) is 8.46. The molecule has 0 aliphatic rings. The average Bonchev–Trinajstić information content (AvgIpc) is 2.51. The second-order valence-corrected chi connectivity index (χ2v) is 4.78. The topological polar surface area (TPSA) is 26.3 Å². The molecule has 2 aromatic rings. The first-order valence-electron chi connectivity index (χ1n) is 6.58. The predicted octanol–water partition coefficient (Wildman–Crippen LogP) is 4.99. The van der Waals surface area contributed by atoms with Crippen molar-refractivity contribution < 1.29 is 35.9 Å². The van der Waals surface area contributed by atoms with Gasteiger partial charge in [-0.05, 0) is 30.3 Å². The van der Waals surface area contributed by atoms with Crippen LogP contribution in [-0.2, 0) is 12.4 Å². The number of carbonyl (C=O) groups is 1. The van der Waals surface area contributed by atoms with Crippen molar-refractivity contribution in [2.24, 2.45) is 0 Å². The maximum atomic E-state index is 12.9. The van der Waals surface area contributed by atoms with E-state index in [0.717, 1.165) is 0 Å². The van der Waals surface area contributed by atoms with Crippen LogP contribution in [0.15, 0.2) is 48.5 Å². The molecule has 0 atom stereocenters. The first-order chi connectivity index (χ1) is 11.1. The Balaban J connectivity index is 2.33. The molecular formula is C16H10F6O2. The molecule has 0 aliphatic carbocycles. The summed E-state index contributed by atoms with van der Waals surface area (Å²) in [7, 11) is 0. The van der Waals surface area contributed by atoms with Crippen molar-refractivity contribution in [3.8, 4) is 5.75 Å². The van der Waals surface area contributed by atoms with Gasteiger partial charge < -0.3 is 4.74 Å². The number of hydrogen-bond donors (Lipinski definition) is 0. The van der Waals surface area contributed by atoms with E-state index >= 15 is 0 Å². The van der Waals surface area contributed by atoms with Crippen molar-refractivity contribution in [2.75, 3.05) is 6.61 Å². The van der Waals surface area contributed by atoms with Crippen LogP contribution in [0.25, 0.3) is 0 Å². The van der Waals surface area contributed by atoms with E-state index in [4.69, 9.17) is 4.74 Å². The van der Waals surface area contributed by atoms with Crippen molar-refractivity contribution in [1.82, 2.24) is 0 Å². The molecule has 0 radical (unpaired) electrons. The Morgan fingerprint density at radius 3 is 2.04 bits per heavy atom. The third kappa shape index (κ3) is 4.27. The smallest absolute Gasteiger partial charge is 0.417 e. The van der Waals surface area contributed by atoms with Gasteiger partial charge in [-0.1, -0.05) is 18.2 Å². The standard InChI is InChI=1S/C16H10F6O2/c17-15(18,19)10-6-7-13(16(20,21)22)12(8-10)14(23)9-24-11-4-2-1-3-5-11/h1-8H,9H2. The van der Waals surface area contributed by atoms with Gasteiger partial charge in [0.2, 0.25) is 5.78 Å². The fourth-order valence-corrected chi connectivity index (χ4v) is 1.94. The second-order valence-electron chi connectivity index (χ2n) is 4.78. The van der Waals surface area contributed by atoms with Crippen molar-refractivity contribution in [1.29, 1.82) is 0 Å². The lowest BCUT2D eigenvalue weighted by molar-refractivity contribution is -0.141. The minimum absolute atomic E-state index is 0.194. The molecule has 8 heteroatoms. The lowest BCUT2D eigenvalue weighted by atomic mass is 10.00. The van der Waals surface area contributed by atoms with Gasteiger partial charge in [-0.3, -0.25) is 4.79 Å². The van der Waals surface area contributed by atoms with E-state index in [-0.39, 0.29) is 23.9 Å². The van der Waals surface area contributed by atoms with Gasteiger partial charge in [0.05, 0.1) is 11.1 Å². The molecule has 0 fully saturated rings. The molecule has 0 saturated carbocycles. The summed E-state index contributed by atoms with van der Waals surface area (Å²) in [5.74, 6) is -0.983. The van der Waals surface area contributed by atoms with Crippen molar-refractivity contribution >= 4 is 5.78 Å². The Kier molecular flexibility index (Phi) is 4.86. The summed E-state index contributed by atoms with van der Waals surface area (Å²) in [4.78, 5) is 12.0. The molecule has 0 unspecified atom stereocenters. The third-order valence-electron chi connectivity index (χ3n) is 3.07. The number of benzene rings is 2. The van der Waals surface area contributed by atoms with Crippen molar-refractivity contribution in [3.63, 3.8) is 0 Å². The molecule has 0 bridgehead atoms. The molecular weight excluding hydrogens is 338 g/mol. The molecule has 0 spiro atoms. The van der Waals surface area contributed by atoms with Crippen LogP contribution in [-0.4, -0.2) is 12.4 Å². The van der Waals surface area contributed by atoms with E-state index in [1.807, 2.05) is 0 Å². The number of ether oxygens (including phenoxy) is 1. The Labute approximate surface area is 132 Å². The van der Waals surface area contributed by atoms with E-state index in [9.17, 15) is 31.1 Å². The van der Waals surface area contributed by atoms with Crippen LogP contribution in [0.2, 0.25) is 0 Å². The number of ketones is 1. The number of para-hydroxylation sites is 1. The van der Waals surface area contributed by atoms with Gasteiger partial charge in [0.25, 0.3) is 0 Å². The van der Waals surface area contributed by atoms with E-state index in [1.54, 1.807) is 18.2 Å². The van der Waals surface area contributed by atoms with Crippen LogP contribution in [0.1, 0.15) is 21.5 Å². The molecule has 0 aromatic heterocycles. The van der Waals surface area contributed by atoms with Gasteiger partial charge in [0.1, 0.15) is 5.75 Å². The summed E-state index contributed by atoms with van der Waals surface area (Å²) in [6.45, 7) is -0.811. The number of rotatable bonds is 4. The SMILES string of the molecule is O=C(COc1ccccc1)c1cc(C(F)(F)F)ccc1C(F)(F)F. The highest BCUT2D eigenvalue weighted by atomic mass is 19.4. The minimum Gasteiger partial charge on any atom is -0.485 e. The quantitative estimate of drug-likeness (QED) is 0.575. The van der Waals surface area contributed by atoms with Crippen LogP contribution in [0.5, 0.6) is 5.75 Å². The van der Waals surface area contributed by atoms with Gasteiger partial charge in [-0.2, -0.15) is 26.3 Å². The average molecular weight is 348 g/mol. The molecule has 0 amide bonds. The van der Waals surface area contributed by atoms with Gasteiger partial charge in [-0.25, -0.2) is 0 Å². The fraction of sp³-hybridized carbons (Fsp3) is 0.188.